The predicted molar refractivity (Wildman–Crippen MR) is 93.7 cm³/mol. The monoisotopic (exact) mass is 375 g/mol. The number of carbonyl (C=O) groups is 2. The van der Waals surface area contributed by atoms with Crippen molar-refractivity contribution in [3.05, 3.63) is 53.2 Å². The molecule has 2 heterocycles. The van der Waals surface area contributed by atoms with Crippen molar-refractivity contribution < 1.29 is 23.1 Å². The Kier molecular flexibility index (Phi) is 5.07. The van der Waals surface area contributed by atoms with Crippen LogP contribution in [0.5, 0.6) is 11.6 Å². The minimum absolute atomic E-state index is 0.155. The molecule has 1 aliphatic rings. The number of urea groups is 1. The third-order valence-corrected chi connectivity index (χ3v) is 4.67. The summed E-state index contributed by atoms with van der Waals surface area (Å²) in [5.41, 5.74) is 1.27. The number of amides is 3. The van der Waals surface area contributed by atoms with E-state index in [1.165, 1.54) is 23.2 Å². The van der Waals surface area contributed by atoms with Gasteiger partial charge in [0.2, 0.25) is 11.8 Å². The first kappa shape index (κ1) is 18.8. The van der Waals surface area contributed by atoms with Crippen LogP contribution < -0.4 is 10.1 Å². The number of aryl methyl sites for hydroxylation is 1. The lowest BCUT2D eigenvalue weighted by Gasteiger charge is -2.37. The van der Waals surface area contributed by atoms with Crippen LogP contribution in [0.15, 0.2) is 36.5 Å². The quantitative estimate of drug-likeness (QED) is 0.877. The Morgan fingerprint density at radius 3 is 2.67 bits per heavy atom. The fourth-order valence-electron chi connectivity index (χ4n) is 3.20. The zero-order chi connectivity index (χ0) is 19.7. The fourth-order valence-corrected chi connectivity index (χ4v) is 3.20. The average molecular weight is 375 g/mol. The Morgan fingerprint density at radius 2 is 2.00 bits per heavy atom. The summed E-state index contributed by atoms with van der Waals surface area (Å²) in [6.07, 6.45) is -1.32. The highest BCUT2D eigenvalue weighted by Crippen LogP contribution is 2.36. The zero-order valence-electron chi connectivity index (χ0n) is 15.1. The molecule has 1 fully saturated rings. The van der Waals surface area contributed by atoms with Gasteiger partial charge in [-0.05, 0) is 42.3 Å². The minimum Gasteiger partial charge on any atom is -0.439 e. The molecule has 2 aromatic rings. The average Bonchev–Trinajstić information content (AvgIpc) is 2.62. The maximum absolute atomic E-state index is 13.1. The molecule has 1 aromatic heterocycles. The Morgan fingerprint density at radius 1 is 1.26 bits per heavy atom. The van der Waals surface area contributed by atoms with Crippen LogP contribution in [0.2, 0.25) is 0 Å². The van der Waals surface area contributed by atoms with E-state index in [0.29, 0.717) is 5.75 Å². The predicted octanol–water partition coefficient (Wildman–Crippen LogP) is 3.98. The molecule has 1 N–H and O–H groups in total. The molecular formula is C19H19F2N3O3. The summed E-state index contributed by atoms with van der Waals surface area (Å²) in [6.45, 7) is 3.56. The molecule has 3 rings (SSSR count). The number of benzene rings is 1. The number of hydrogen-bond donors (Lipinski definition) is 1. The van der Waals surface area contributed by atoms with Crippen molar-refractivity contribution in [1.82, 2.24) is 15.2 Å². The van der Waals surface area contributed by atoms with E-state index in [1.54, 1.807) is 32.2 Å². The molecule has 27 heavy (non-hydrogen) atoms. The van der Waals surface area contributed by atoms with E-state index < -0.39 is 24.4 Å². The second-order valence-electron chi connectivity index (χ2n) is 6.46. The molecule has 8 heteroatoms. The number of ether oxygens (including phenoxy) is 1. The summed E-state index contributed by atoms with van der Waals surface area (Å²) in [6, 6.07) is 6.83. The van der Waals surface area contributed by atoms with Gasteiger partial charge in [0.15, 0.2) is 0 Å². The number of imide groups is 1. The van der Waals surface area contributed by atoms with Gasteiger partial charge in [0, 0.05) is 13.2 Å². The Hall–Kier alpha value is -3.03. The molecule has 6 nitrogen and oxygen atoms in total. The van der Waals surface area contributed by atoms with Gasteiger partial charge in [-0.3, -0.25) is 10.1 Å². The van der Waals surface area contributed by atoms with Gasteiger partial charge in [0.05, 0.1) is 17.5 Å². The zero-order valence-corrected chi connectivity index (χ0v) is 15.1. The molecule has 2 atom stereocenters. The fraction of sp³-hybridized carbons (Fsp3) is 0.316. The lowest BCUT2D eigenvalue weighted by molar-refractivity contribution is -0.127. The number of nitrogens with one attached hydrogen (secondary N) is 1. The first-order valence-corrected chi connectivity index (χ1v) is 8.38. The smallest absolute Gasteiger partial charge is 0.324 e. The SMILES string of the molecule is Cc1cc(Oc2ncccc2C(F)F)ccc1C1C(C)C(=O)NC(=O)N1C. The summed E-state index contributed by atoms with van der Waals surface area (Å²) in [4.78, 5) is 29.3. The maximum atomic E-state index is 13.1. The normalized spacial score (nSPS) is 20.0. The Balaban J connectivity index is 1.90. The van der Waals surface area contributed by atoms with E-state index in [-0.39, 0.29) is 17.4 Å². The lowest BCUT2D eigenvalue weighted by Crippen LogP contribution is -2.53. The number of hydrogen-bond acceptors (Lipinski definition) is 4. The van der Waals surface area contributed by atoms with Gasteiger partial charge in [-0.2, -0.15) is 0 Å². The molecule has 1 saturated heterocycles. The number of rotatable bonds is 4. The second-order valence-corrected chi connectivity index (χ2v) is 6.46. The van der Waals surface area contributed by atoms with Crippen LogP contribution in [0, 0.1) is 12.8 Å². The van der Waals surface area contributed by atoms with E-state index >= 15 is 0 Å². The van der Waals surface area contributed by atoms with Gasteiger partial charge < -0.3 is 9.64 Å². The third-order valence-electron chi connectivity index (χ3n) is 4.67. The van der Waals surface area contributed by atoms with Crippen molar-refractivity contribution in [1.29, 1.82) is 0 Å². The summed E-state index contributed by atoms with van der Waals surface area (Å²) in [5, 5.41) is 2.30. The van der Waals surface area contributed by atoms with Gasteiger partial charge in [-0.15, -0.1) is 0 Å². The summed E-state index contributed by atoms with van der Waals surface area (Å²) >= 11 is 0. The highest BCUT2D eigenvalue weighted by atomic mass is 19.3. The van der Waals surface area contributed by atoms with Gasteiger partial charge in [-0.1, -0.05) is 13.0 Å². The van der Waals surface area contributed by atoms with E-state index in [4.69, 9.17) is 4.74 Å². The molecule has 0 bridgehead atoms. The third kappa shape index (κ3) is 3.60. The van der Waals surface area contributed by atoms with Crippen molar-refractivity contribution >= 4 is 11.9 Å². The number of pyridine rings is 1. The van der Waals surface area contributed by atoms with Crippen molar-refractivity contribution in [3.8, 4) is 11.6 Å². The Labute approximate surface area is 155 Å². The maximum Gasteiger partial charge on any atom is 0.324 e. The van der Waals surface area contributed by atoms with Crippen molar-refractivity contribution in [2.24, 2.45) is 5.92 Å². The molecular weight excluding hydrogens is 356 g/mol. The van der Waals surface area contributed by atoms with Gasteiger partial charge in [0.25, 0.3) is 6.43 Å². The molecule has 1 aromatic carbocycles. The molecule has 0 spiro atoms. The number of alkyl halides is 2. The van der Waals surface area contributed by atoms with Crippen LogP contribution in [0.25, 0.3) is 0 Å². The lowest BCUT2D eigenvalue weighted by atomic mass is 9.88. The number of halogens is 2. The summed E-state index contributed by atoms with van der Waals surface area (Å²) < 4.78 is 31.7. The second kappa shape index (κ2) is 7.30. The summed E-state index contributed by atoms with van der Waals surface area (Å²) in [5.74, 6) is -0.576. The first-order chi connectivity index (χ1) is 12.8. The van der Waals surface area contributed by atoms with E-state index in [9.17, 15) is 18.4 Å². The molecule has 3 amide bonds. The molecule has 0 radical (unpaired) electrons. The van der Waals surface area contributed by atoms with Crippen LogP contribution in [-0.2, 0) is 4.79 Å². The first-order valence-electron chi connectivity index (χ1n) is 8.38. The van der Waals surface area contributed by atoms with Crippen molar-refractivity contribution in [3.63, 3.8) is 0 Å². The Bertz CT molecular complexity index is 868. The van der Waals surface area contributed by atoms with E-state index in [1.807, 2.05) is 6.92 Å². The van der Waals surface area contributed by atoms with Crippen LogP contribution in [0.1, 0.15) is 36.1 Å². The number of aromatic nitrogens is 1. The highest BCUT2D eigenvalue weighted by Gasteiger charge is 2.38. The van der Waals surface area contributed by atoms with Crippen LogP contribution in [0.3, 0.4) is 0 Å². The number of carbonyl (C=O) groups excluding carboxylic acids is 2. The van der Waals surface area contributed by atoms with Gasteiger partial charge >= 0.3 is 6.03 Å². The van der Waals surface area contributed by atoms with Crippen LogP contribution in [0.4, 0.5) is 13.6 Å². The van der Waals surface area contributed by atoms with Gasteiger partial charge in [-0.25, -0.2) is 18.6 Å². The highest BCUT2D eigenvalue weighted by molar-refractivity contribution is 5.98. The topological polar surface area (TPSA) is 71.5 Å². The molecule has 1 aliphatic heterocycles. The molecule has 2 unspecified atom stereocenters. The van der Waals surface area contributed by atoms with E-state index in [2.05, 4.69) is 10.3 Å². The van der Waals surface area contributed by atoms with Crippen LogP contribution >= 0.6 is 0 Å². The standard InChI is InChI=1S/C19H19F2N3O3/c1-10-9-12(27-18-14(16(20)21)5-4-8-22-18)6-7-13(10)15-11(2)17(25)23-19(26)24(15)3/h4-9,11,15-16H,1-3H3,(H,23,25,26). The van der Waals surface area contributed by atoms with Crippen LogP contribution in [-0.4, -0.2) is 28.9 Å². The number of nitrogens with zero attached hydrogens (tertiary/aromatic N) is 2. The molecule has 0 aliphatic carbocycles. The van der Waals surface area contributed by atoms with Crippen molar-refractivity contribution in [2.75, 3.05) is 7.05 Å². The van der Waals surface area contributed by atoms with Crippen molar-refractivity contribution in [2.45, 2.75) is 26.3 Å². The largest absolute Gasteiger partial charge is 0.439 e. The molecule has 142 valence electrons. The minimum atomic E-state index is -2.70. The summed E-state index contributed by atoms with van der Waals surface area (Å²) in [7, 11) is 1.62. The van der Waals surface area contributed by atoms with Gasteiger partial charge in [0.1, 0.15) is 5.75 Å². The van der Waals surface area contributed by atoms with E-state index in [0.717, 1.165) is 11.1 Å². The molecule has 0 saturated carbocycles.